The molecule has 114 valence electrons. The van der Waals surface area contributed by atoms with Crippen LogP contribution in [0.3, 0.4) is 0 Å². The highest BCUT2D eigenvalue weighted by atomic mass is 32.2. The van der Waals surface area contributed by atoms with E-state index in [1.54, 1.807) is 0 Å². The van der Waals surface area contributed by atoms with E-state index in [2.05, 4.69) is 6.92 Å². The predicted molar refractivity (Wildman–Crippen MR) is 76.6 cm³/mol. The number of likely N-dealkylation sites (tertiary alicyclic amines) is 1. The SMILES string of the molecule is CCC1CCCCN1C(=O)C1CN(S(=O)(=O)C2CC2)C1. The Bertz CT molecular complexity index is 481. The molecule has 0 aromatic rings. The Balaban J connectivity index is 1.57. The fourth-order valence-electron chi connectivity index (χ4n) is 3.33. The predicted octanol–water partition coefficient (Wildman–Crippen LogP) is 1.20. The van der Waals surface area contributed by atoms with Crippen LogP contribution < -0.4 is 0 Å². The van der Waals surface area contributed by atoms with Crippen LogP contribution in [0.2, 0.25) is 0 Å². The van der Waals surface area contributed by atoms with Gasteiger partial charge in [0.15, 0.2) is 0 Å². The Morgan fingerprint density at radius 3 is 2.45 bits per heavy atom. The average Bonchev–Trinajstić information content (AvgIpc) is 3.21. The number of piperidine rings is 1. The first-order chi connectivity index (χ1) is 9.54. The minimum Gasteiger partial charge on any atom is -0.339 e. The third-order valence-electron chi connectivity index (χ3n) is 4.88. The second kappa shape index (κ2) is 5.30. The topological polar surface area (TPSA) is 57.7 Å². The normalized spacial score (nSPS) is 29.2. The Morgan fingerprint density at radius 1 is 1.15 bits per heavy atom. The molecule has 2 heterocycles. The minimum absolute atomic E-state index is 0.101. The molecular weight excluding hydrogens is 276 g/mol. The lowest BCUT2D eigenvalue weighted by Crippen LogP contribution is -2.58. The lowest BCUT2D eigenvalue weighted by Gasteiger charge is -2.43. The minimum atomic E-state index is -3.08. The van der Waals surface area contributed by atoms with Gasteiger partial charge in [0.05, 0.1) is 11.2 Å². The summed E-state index contributed by atoms with van der Waals surface area (Å²) >= 11 is 0. The van der Waals surface area contributed by atoms with Gasteiger partial charge in [-0.05, 0) is 38.5 Å². The van der Waals surface area contributed by atoms with Crippen LogP contribution in [0.1, 0.15) is 45.4 Å². The number of hydrogen-bond acceptors (Lipinski definition) is 3. The molecule has 1 saturated carbocycles. The fraction of sp³-hybridized carbons (Fsp3) is 0.929. The quantitative estimate of drug-likeness (QED) is 0.784. The van der Waals surface area contributed by atoms with Crippen molar-refractivity contribution >= 4 is 15.9 Å². The van der Waals surface area contributed by atoms with Gasteiger partial charge in [-0.3, -0.25) is 4.79 Å². The molecule has 1 atom stereocenters. The van der Waals surface area contributed by atoms with E-state index in [4.69, 9.17) is 0 Å². The Hall–Kier alpha value is -0.620. The first kappa shape index (κ1) is 14.3. The molecular formula is C14H24N2O3S. The molecule has 1 amide bonds. The summed E-state index contributed by atoms with van der Waals surface area (Å²) < 4.78 is 25.6. The van der Waals surface area contributed by atoms with Crippen LogP contribution >= 0.6 is 0 Å². The van der Waals surface area contributed by atoms with E-state index >= 15 is 0 Å². The van der Waals surface area contributed by atoms with Gasteiger partial charge in [-0.2, -0.15) is 4.31 Å². The van der Waals surface area contributed by atoms with Gasteiger partial charge in [-0.1, -0.05) is 6.92 Å². The summed E-state index contributed by atoms with van der Waals surface area (Å²) in [5.41, 5.74) is 0. The van der Waals surface area contributed by atoms with Gasteiger partial charge in [0.2, 0.25) is 15.9 Å². The molecule has 0 aromatic heterocycles. The molecule has 0 aromatic carbocycles. The number of hydrogen-bond donors (Lipinski definition) is 0. The first-order valence-electron chi connectivity index (χ1n) is 7.83. The molecule has 20 heavy (non-hydrogen) atoms. The highest BCUT2D eigenvalue weighted by Gasteiger charge is 2.48. The summed E-state index contributed by atoms with van der Waals surface area (Å²) in [6.45, 7) is 3.79. The fourth-order valence-corrected chi connectivity index (χ4v) is 5.26. The van der Waals surface area contributed by atoms with Gasteiger partial charge in [0.1, 0.15) is 0 Å². The summed E-state index contributed by atoms with van der Waals surface area (Å²) in [4.78, 5) is 14.5. The highest BCUT2D eigenvalue weighted by Crippen LogP contribution is 2.35. The highest BCUT2D eigenvalue weighted by molar-refractivity contribution is 7.90. The second-order valence-electron chi connectivity index (χ2n) is 6.35. The van der Waals surface area contributed by atoms with Crippen LogP contribution in [0.25, 0.3) is 0 Å². The first-order valence-corrected chi connectivity index (χ1v) is 9.33. The molecule has 0 radical (unpaired) electrons. The zero-order chi connectivity index (χ0) is 14.3. The van der Waals surface area contributed by atoms with Gasteiger partial charge < -0.3 is 4.90 Å². The van der Waals surface area contributed by atoms with E-state index in [9.17, 15) is 13.2 Å². The summed E-state index contributed by atoms with van der Waals surface area (Å²) in [5.74, 6) is 0.0782. The van der Waals surface area contributed by atoms with Crippen LogP contribution in [0.5, 0.6) is 0 Å². The summed E-state index contributed by atoms with van der Waals surface area (Å²) in [7, 11) is -3.08. The van der Waals surface area contributed by atoms with Gasteiger partial charge >= 0.3 is 0 Å². The zero-order valence-electron chi connectivity index (χ0n) is 12.1. The van der Waals surface area contributed by atoms with Gasteiger partial charge in [0.25, 0.3) is 0 Å². The molecule has 0 spiro atoms. The van der Waals surface area contributed by atoms with Crippen molar-refractivity contribution in [1.82, 2.24) is 9.21 Å². The molecule has 1 unspecified atom stereocenters. The summed E-state index contributed by atoms with van der Waals surface area (Å²) in [6, 6.07) is 0.366. The van der Waals surface area contributed by atoms with E-state index in [1.165, 1.54) is 10.7 Å². The number of carbonyl (C=O) groups excluding carboxylic acids is 1. The van der Waals surface area contributed by atoms with Crippen LogP contribution in [0.15, 0.2) is 0 Å². The van der Waals surface area contributed by atoms with Crippen molar-refractivity contribution in [3.05, 3.63) is 0 Å². The van der Waals surface area contributed by atoms with Gasteiger partial charge in [-0.15, -0.1) is 0 Å². The zero-order valence-corrected chi connectivity index (χ0v) is 12.9. The monoisotopic (exact) mass is 300 g/mol. The number of carbonyl (C=O) groups is 1. The molecule has 0 N–H and O–H groups in total. The number of rotatable bonds is 4. The molecule has 1 aliphatic carbocycles. The molecule has 2 saturated heterocycles. The van der Waals surface area contributed by atoms with E-state index in [-0.39, 0.29) is 17.1 Å². The standard InChI is InChI=1S/C14H24N2O3S/c1-2-12-5-3-4-8-16(12)14(17)11-9-15(10-11)20(18,19)13-6-7-13/h11-13H,2-10H2,1H3. The Morgan fingerprint density at radius 2 is 1.85 bits per heavy atom. The largest absolute Gasteiger partial charge is 0.339 e. The van der Waals surface area contributed by atoms with Crippen molar-refractivity contribution in [3.8, 4) is 0 Å². The van der Waals surface area contributed by atoms with Crippen molar-refractivity contribution in [3.63, 3.8) is 0 Å². The maximum Gasteiger partial charge on any atom is 0.228 e. The van der Waals surface area contributed by atoms with E-state index in [0.29, 0.717) is 19.1 Å². The molecule has 3 rings (SSSR count). The Labute approximate surface area is 121 Å². The summed E-state index contributed by atoms with van der Waals surface area (Å²) in [5, 5.41) is -0.156. The van der Waals surface area contributed by atoms with Crippen LogP contribution in [0.4, 0.5) is 0 Å². The second-order valence-corrected chi connectivity index (χ2v) is 8.56. The average molecular weight is 300 g/mol. The summed E-state index contributed by atoms with van der Waals surface area (Å²) in [6.07, 6.45) is 5.97. The third kappa shape index (κ3) is 2.48. The molecule has 6 heteroatoms. The van der Waals surface area contributed by atoms with E-state index in [1.807, 2.05) is 4.90 Å². The van der Waals surface area contributed by atoms with Crippen molar-refractivity contribution < 1.29 is 13.2 Å². The van der Waals surface area contributed by atoms with Crippen molar-refractivity contribution in [1.29, 1.82) is 0 Å². The van der Waals surface area contributed by atoms with Crippen molar-refractivity contribution in [2.45, 2.75) is 56.7 Å². The van der Waals surface area contributed by atoms with Crippen LogP contribution in [0, 0.1) is 5.92 Å². The van der Waals surface area contributed by atoms with E-state index in [0.717, 1.165) is 38.6 Å². The molecule has 3 aliphatic rings. The van der Waals surface area contributed by atoms with Crippen molar-refractivity contribution in [2.75, 3.05) is 19.6 Å². The smallest absolute Gasteiger partial charge is 0.228 e. The molecule has 3 fully saturated rings. The number of nitrogens with zero attached hydrogens (tertiary/aromatic N) is 2. The van der Waals surface area contributed by atoms with Crippen LogP contribution in [-0.2, 0) is 14.8 Å². The number of amides is 1. The maximum absolute atomic E-state index is 12.5. The van der Waals surface area contributed by atoms with Crippen molar-refractivity contribution in [2.24, 2.45) is 5.92 Å². The lowest BCUT2D eigenvalue weighted by atomic mass is 9.95. The molecule has 0 bridgehead atoms. The maximum atomic E-state index is 12.5. The van der Waals surface area contributed by atoms with Gasteiger partial charge in [0, 0.05) is 25.7 Å². The van der Waals surface area contributed by atoms with Gasteiger partial charge in [-0.25, -0.2) is 8.42 Å². The Kier molecular flexibility index (Phi) is 3.79. The lowest BCUT2D eigenvalue weighted by molar-refractivity contribution is -0.142. The molecule has 5 nitrogen and oxygen atoms in total. The van der Waals surface area contributed by atoms with E-state index < -0.39 is 10.0 Å². The molecule has 2 aliphatic heterocycles. The number of sulfonamides is 1. The van der Waals surface area contributed by atoms with Crippen LogP contribution in [-0.4, -0.2) is 54.5 Å². The third-order valence-corrected chi connectivity index (χ3v) is 7.22.